The summed E-state index contributed by atoms with van der Waals surface area (Å²) in [6.07, 6.45) is 3.96. The maximum absolute atomic E-state index is 12.4. The molecule has 1 aliphatic carbocycles. The van der Waals surface area contributed by atoms with Crippen molar-refractivity contribution in [3.63, 3.8) is 0 Å². The summed E-state index contributed by atoms with van der Waals surface area (Å²) in [5.41, 5.74) is 5.69. The number of thiophene rings is 1. The van der Waals surface area contributed by atoms with Gasteiger partial charge in [-0.2, -0.15) is 0 Å². The molecule has 0 radical (unpaired) electrons. The number of carbonyl (C=O) groups is 1. The van der Waals surface area contributed by atoms with E-state index in [1.807, 2.05) is 19.1 Å². The summed E-state index contributed by atoms with van der Waals surface area (Å²) in [4.78, 5) is 14.4. The summed E-state index contributed by atoms with van der Waals surface area (Å²) in [6.45, 7) is 4.21. The van der Waals surface area contributed by atoms with Gasteiger partial charge in [0.15, 0.2) is 5.78 Å². The van der Waals surface area contributed by atoms with Crippen LogP contribution in [0.15, 0.2) is 12.1 Å². The van der Waals surface area contributed by atoms with Crippen LogP contribution in [0.5, 0.6) is 0 Å². The van der Waals surface area contributed by atoms with Crippen molar-refractivity contribution in [2.45, 2.75) is 45.1 Å². The van der Waals surface area contributed by atoms with Gasteiger partial charge in [0.1, 0.15) is 0 Å². The van der Waals surface area contributed by atoms with Crippen molar-refractivity contribution >= 4 is 17.1 Å². The number of aryl methyl sites for hydroxylation is 1. The standard InChI is InChI=1S/C13H19NOS/c1-9-4-3-7-13(14,8-9)12(15)11-6-5-10(2)16-11/h5-6,9H,3-4,7-8,14H2,1-2H3. The van der Waals surface area contributed by atoms with E-state index in [0.29, 0.717) is 5.92 Å². The summed E-state index contributed by atoms with van der Waals surface area (Å²) in [7, 11) is 0. The number of ketones is 1. The van der Waals surface area contributed by atoms with Crippen LogP contribution in [0.25, 0.3) is 0 Å². The molecule has 0 aliphatic heterocycles. The first-order valence-corrected chi connectivity index (χ1v) is 6.73. The highest BCUT2D eigenvalue weighted by atomic mass is 32.1. The van der Waals surface area contributed by atoms with Gasteiger partial charge in [0.05, 0.1) is 10.4 Å². The molecule has 2 nitrogen and oxygen atoms in total. The van der Waals surface area contributed by atoms with E-state index in [2.05, 4.69) is 6.92 Å². The van der Waals surface area contributed by atoms with Crippen molar-refractivity contribution in [1.29, 1.82) is 0 Å². The minimum absolute atomic E-state index is 0.150. The van der Waals surface area contributed by atoms with Crippen LogP contribution in [0.2, 0.25) is 0 Å². The topological polar surface area (TPSA) is 43.1 Å². The van der Waals surface area contributed by atoms with Crippen molar-refractivity contribution in [1.82, 2.24) is 0 Å². The minimum atomic E-state index is -0.602. The van der Waals surface area contributed by atoms with Gasteiger partial charge in [-0.1, -0.05) is 19.8 Å². The van der Waals surface area contributed by atoms with E-state index in [9.17, 15) is 4.79 Å². The highest BCUT2D eigenvalue weighted by Gasteiger charge is 2.38. The Kier molecular flexibility index (Phi) is 3.17. The van der Waals surface area contributed by atoms with Crippen LogP contribution in [0, 0.1) is 12.8 Å². The van der Waals surface area contributed by atoms with Crippen molar-refractivity contribution < 1.29 is 4.79 Å². The van der Waals surface area contributed by atoms with Gasteiger partial charge < -0.3 is 5.73 Å². The average Bonchev–Trinajstić information content (AvgIpc) is 2.63. The summed E-state index contributed by atoms with van der Waals surface area (Å²) >= 11 is 1.56. The molecule has 2 N–H and O–H groups in total. The average molecular weight is 237 g/mol. The molecule has 1 aliphatic rings. The number of Topliss-reactive ketones (excluding diaryl/α,β-unsaturated/α-hetero) is 1. The third kappa shape index (κ3) is 2.20. The van der Waals surface area contributed by atoms with Gasteiger partial charge >= 0.3 is 0 Å². The molecule has 0 saturated heterocycles. The molecule has 3 heteroatoms. The van der Waals surface area contributed by atoms with Crippen LogP contribution in [0.1, 0.15) is 47.2 Å². The Morgan fingerprint density at radius 1 is 1.56 bits per heavy atom. The second kappa shape index (κ2) is 4.30. The summed E-state index contributed by atoms with van der Waals surface area (Å²) in [5, 5.41) is 0. The SMILES string of the molecule is Cc1ccc(C(=O)C2(N)CCCC(C)C2)s1. The van der Waals surface area contributed by atoms with Crippen LogP contribution in [0.3, 0.4) is 0 Å². The molecule has 0 aromatic carbocycles. The van der Waals surface area contributed by atoms with E-state index < -0.39 is 5.54 Å². The highest BCUT2D eigenvalue weighted by Crippen LogP contribution is 2.34. The predicted molar refractivity (Wildman–Crippen MR) is 67.9 cm³/mol. The largest absolute Gasteiger partial charge is 0.319 e. The Morgan fingerprint density at radius 2 is 2.31 bits per heavy atom. The number of hydrogen-bond donors (Lipinski definition) is 1. The van der Waals surface area contributed by atoms with Crippen LogP contribution in [0.4, 0.5) is 0 Å². The Labute approximate surface area is 101 Å². The first-order chi connectivity index (χ1) is 7.51. The fourth-order valence-corrected chi connectivity index (χ4v) is 3.52. The summed E-state index contributed by atoms with van der Waals surface area (Å²) in [6, 6.07) is 3.91. The number of hydrogen-bond acceptors (Lipinski definition) is 3. The fraction of sp³-hybridized carbons (Fsp3) is 0.615. The van der Waals surface area contributed by atoms with Gasteiger partial charge in [0.2, 0.25) is 0 Å². The van der Waals surface area contributed by atoms with Crippen LogP contribution < -0.4 is 5.73 Å². The van der Waals surface area contributed by atoms with E-state index in [1.54, 1.807) is 11.3 Å². The number of rotatable bonds is 2. The van der Waals surface area contributed by atoms with Crippen molar-refractivity contribution in [2.75, 3.05) is 0 Å². The Hall–Kier alpha value is -0.670. The van der Waals surface area contributed by atoms with Crippen LogP contribution >= 0.6 is 11.3 Å². The molecule has 2 unspecified atom stereocenters. The monoisotopic (exact) mass is 237 g/mol. The zero-order valence-electron chi connectivity index (χ0n) is 9.95. The smallest absolute Gasteiger partial charge is 0.192 e. The molecule has 88 valence electrons. The van der Waals surface area contributed by atoms with Gasteiger partial charge in [-0.15, -0.1) is 11.3 Å². The van der Waals surface area contributed by atoms with Crippen molar-refractivity contribution in [3.05, 3.63) is 21.9 Å². The third-order valence-electron chi connectivity index (χ3n) is 3.45. The van der Waals surface area contributed by atoms with Gasteiger partial charge in [0.25, 0.3) is 0 Å². The van der Waals surface area contributed by atoms with E-state index in [0.717, 1.165) is 24.1 Å². The molecule has 1 fully saturated rings. The van der Waals surface area contributed by atoms with Gasteiger partial charge in [-0.05, 0) is 37.8 Å². The summed E-state index contributed by atoms with van der Waals surface area (Å²) < 4.78 is 0. The number of nitrogens with two attached hydrogens (primary N) is 1. The molecule has 1 saturated carbocycles. The van der Waals surface area contributed by atoms with Crippen molar-refractivity contribution in [2.24, 2.45) is 11.7 Å². The molecule has 2 rings (SSSR count). The number of carbonyl (C=O) groups excluding carboxylic acids is 1. The fourth-order valence-electron chi connectivity index (χ4n) is 2.60. The Morgan fingerprint density at radius 3 is 2.88 bits per heavy atom. The lowest BCUT2D eigenvalue weighted by atomic mass is 9.74. The van der Waals surface area contributed by atoms with Crippen LogP contribution in [-0.2, 0) is 0 Å². The highest BCUT2D eigenvalue weighted by molar-refractivity contribution is 7.14. The van der Waals surface area contributed by atoms with E-state index in [-0.39, 0.29) is 5.78 Å². The molecular weight excluding hydrogens is 218 g/mol. The second-order valence-electron chi connectivity index (χ2n) is 5.10. The lowest BCUT2D eigenvalue weighted by Gasteiger charge is -2.35. The van der Waals surface area contributed by atoms with Crippen molar-refractivity contribution in [3.8, 4) is 0 Å². The molecule has 1 aromatic heterocycles. The summed E-state index contributed by atoms with van der Waals surface area (Å²) in [5.74, 6) is 0.723. The molecule has 0 bridgehead atoms. The predicted octanol–water partition coefficient (Wildman–Crippen LogP) is 3.15. The molecule has 0 spiro atoms. The molecule has 1 aromatic rings. The van der Waals surface area contributed by atoms with Gasteiger partial charge in [0, 0.05) is 4.88 Å². The normalized spacial score (nSPS) is 30.3. The van der Waals surface area contributed by atoms with E-state index in [1.165, 1.54) is 11.3 Å². The first-order valence-electron chi connectivity index (χ1n) is 5.91. The molecular formula is C13H19NOS. The second-order valence-corrected chi connectivity index (χ2v) is 6.38. The molecule has 0 amide bonds. The Bertz CT molecular complexity index is 398. The van der Waals surface area contributed by atoms with E-state index >= 15 is 0 Å². The lowest BCUT2D eigenvalue weighted by molar-refractivity contribution is 0.0824. The maximum Gasteiger partial charge on any atom is 0.192 e. The third-order valence-corrected chi connectivity index (χ3v) is 4.45. The lowest BCUT2D eigenvalue weighted by Crippen LogP contribution is -2.50. The molecule has 1 heterocycles. The first kappa shape index (κ1) is 11.8. The molecule has 16 heavy (non-hydrogen) atoms. The van der Waals surface area contributed by atoms with E-state index in [4.69, 9.17) is 5.73 Å². The van der Waals surface area contributed by atoms with Gasteiger partial charge in [-0.3, -0.25) is 4.79 Å². The molecule has 2 atom stereocenters. The van der Waals surface area contributed by atoms with Gasteiger partial charge in [-0.25, -0.2) is 0 Å². The maximum atomic E-state index is 12.4. The quantitative estimate of drug-likeness (QED) is 0.803. The Balaban J connectivity index is 2.20. The minimum Gasteiger partial charge on any atom is -0.319 e. The zero-order valence-corrected chi connectivity index (χ0v) is 10.8. The van der Waals surface area contributed by atoms with Crippen LogP contribution in [-0.4, -0.2) is 11.3 Å². The zero-order chi connectivity index (χ0) is 11.8.